The molecule has 0 amide bonds. The van der Waals surface area contributed by atoms with Crippen molar-refractivity contribution < 1.29 is 13.6 Å². The van der Waals surface area contributed by atoms with Crippen LogP contribution >= 0.6 is 0 Å². The molecule has 0 spiro atoms. The van der Waals surface area contributed by atoms with Crippen molar-refractivity contribution in [1.29, 1.82) is 0 Å². The van der Waals surface area contributed by atoms with Gasteiger partial charge in [0.2, 0.25) is 0 Å². The van der Waals surface area contributed by atoms with Crippen molar-refractivity contribution in [2.45, 2.75) is 0 Å². The molecule has 0 unspecified atom stereocenters. The summed E-state index contributed by atoms with van der Waals surface area (Å²) in [6, 6.07) is 9.84. The molecular formula is C13H8F2O. The van der Waals surface area contributed by atoms with Gasteiger partial charge in [0.25, 0.3) is 0 Å². The van der Waals surface area contributed by atoms with Gasteiger partial charge < -0.3 is 0 Å². The first-order chi connectivity index (χ1) is 7.70. The van der Waals surface area contributed by atoms with Gasteiger partial charge in [-0.25, -0.2) is 8.78 Å². The molecule has 2 aromatic rings. The SMILES string of the molecule is O=Cc1ccc(-c2ccc(F)cc2F)cc1. The Bertz CT molecular complexity index is 518. The Kier molecular flexibility index (Phi) is 2.77. The number of carbonyl (C=O) groups is 1. The lowest BCUT2D eigenvalue weighted by molar-refractivity contribution is 0.112. The number of hydrogen-bond donors (Lipinski definition) is 0. The highest BCUT2D eigenvalue weighted by molar-refractivity contribution is 5.77. The number of carbonyl (C=O) groups excluding carboxylic acids is 1. The lowest BCUT2D eigenvalue weighted by atomic mass is 10.0. The molecule has 0 N–H and O–H groups in total. The lowest BCUT2D eigenvalue weighted by Gasteiger charge is -2.03. The molecule has 3 heteroatoms. The van der Waals surface area contributed by atoms with E-state index in [4.69, 9.17) is 0 Å². The minimum Gasteiger partial charge on any atom is -0.298 e. The minimum absolute atomic E-state index is 0.318. The maximum atomic E-state index is 13.4. The molecule has 0 aromatic heterocycles. The van der Waals surface area contributed by atoms with Gasteiger partial charge in [-0.05, 0) is 17.7 Å². The molecular weight excluding hydrogens is 210 g/mol. The van der Waals surface area contributed by atoms with Crippen LogP contribution in [0.4, 0.5) is 8.78 Å². The van der Waals surface area contributed by atoms with Crippen molar-refractivity contribution in [2.75, 3.05) is 0 Å². The first-order valence-corrected chi connectivity index (χ1v) is 4.71. The fourth-order valence-electron chi connectivity index (χ4n) is 1.46. The molecule has 1 nitrogen and oxygen atoms in total. The Labute approximate surface area is 91.3 Å². The van der Waals surface area contributed by atoms with Gasteiger partial charge in [0.1, 0.15) is 17.9 Å². The smallest absolute Gasteiger partial charge is 0.150 e. The highest BCUT2D eigenvalue weighted by atomic mass is 19.1. The predicted molar refractivity (Wildman–Crippen MR) is 57.2 cm³/mol. The average Bonchev–Trinajstić information content (AvgIpc) is 2.29. The van der Waals surface area contributed by atoms with E-state index in [1.54, 1.807) is 24.3 Å². The third kappa shape index (κ3) is 1.98. The maximum absolute atomic E-state index is 13.4. The summed E-state index contributed by atoms with van der Waals surface area (Å²) < 4.78 is 26.1. The van der Waals surface area contributed by atoms with Gasteiger partial charge >= 0.3 is 0 Å². The van der Waals surface area contributed by atoms with Crippen molar-refractivity contribution in [1.82, 2.24) is 0 Å². The van der Waals surface area contributed by atoms with Crippen LogP contribution in [-0.4, -0.2) is 6.29 Å². The molecule has 2 aromatic carbocycles. The Morgan fingerprint density at radius 3 is 2.19 bits per heavy atom. The Balaban J connectivity index is 2.46. The van der Waals surface area contributed by atoms with Gasteiger partial charge in [0, 0.05) is 17.2 Å². The molecule has 0 saturated carbocycles. The van der Waals surface area contributed by atoms with Gasteiger partial charge in [-0.3, -0.25) is 4.79 Å². The third-order valence-corrected chi connectivity index (χ3v) is 2.29. The Morgan fingerprint density at radius 2 is 1.62 bits per heavy atom. The summed E-state index contributed by atoms with van der Waals surface area (Å²) in [5.41, 5.74) is 1.45. The van der Waals surface area contributed by atoms with Crippen molar-refractivity contribution in [3.63, 3.8) is 0 Å². The van der Waals surface area contributed by atoms with Gasteiger partial charge in [0.15, 0.2) is 0 Å². The fourth-order valence-corrected chi connectivity index (χ4v) is 1.46. The van der Waals surface area contributed by atoms with Crippen LogP contribution in [0.25, 0.3) is 11.1 Å². The van der Waals surface area contributed by atoms with Crippen LogP contribution in [-0.2, 0) is 0 Å². The van der Waals surface area contributed by atoms with E-state index in [1.165, 1.54) is 12.1 Å². The van der Waals surface area contributed by atoms with E-state index < -0.39 is 11.6 Å². The Morgan fingerprint density at radius 1 is 0.938 bits per heavy atom. The first kappa shape index (κ1) is 10.5. The van der Waals surface area contributed by atoms with Crippen molar-refractivity contribution in [3.8, 4) is 11.1 Å². The van der Waals surface area contributed by atoms with Crippen molar-refractivity contribution >= 4 is 6.29 Å². The van der Waals surface area contributed by atoms with E-state index in [1.807, 2.05) is 0 Å². The number of benzene rings is 2. The van der Waals surface area contributed by atoms with Gasteiger partial charge in [-0.2, -0.15) is 0 Å². The average molecular weight is 218 g/mol. The second-order valence-corrected chi connectivity index (χ2v) is 3.36. The fraction of sp³-hybridized carbons (Fsp3) is 0. The topological polar surface area (TPSA) is 17.1 Å². The molecule has 2 rings (SSSR count). The van der Waals surface area contributed by atoms with Crippen molar-refractivity contribution in [2.24, 2.45) is 0 Å². The molecule has 80 valence electrons. The third-order valence-electron chi connectivity index (χ3n) is 2.29. The van der Waals surface area contributed by atoms with Crippen LogP contribution in [0.15, 0.2) is 42.5 Å². The first-order valence-electron chi connectivity index (χ1n) is 4.71. The summed E-state index contributed by atoms with van der Waals surface area (Å²) >= 11 is 0. The zero-order chi connectivity index (χ0) is 11.5. The van der Waals surface area contributed by atoms with Gasteiger partial charge in [-0.1, -0.05) is 24.3 Å². The van der Waals surface area contributed by atoms with E-state index in [0.717, 1.165) is 6.07 Å². The van der Waals surface area contributed by atoms with E-state index >= 15 is 0 Å². The van der Waals surface area contributed by atoms with E-state index in [9.17, 15) is 13.6 Å². The van der Waals surface area contributed by atoms with Crippen LogP contribution in [0.3, 0.4) is 0 Å². The van der Waals surface area contributed by atoms with E-state index in [0.29, 0.717) is 23.0 Å². The highest BCUT2D eigenvalue weighted by Crippen LogP contribution is 2.23. The molecule has 0 radical (unpaired) electrons. The van der Waals surface area contributed by atoms with Crippen LogP contribution in [0, 0.1) is 11.6 Å². The largest absolute Gasteiger partial charge is 0.298 e. The zero-order valence-corrected chi connectivity index (χ0v) is 8.28. The summed E-state index contributed by atoms with van der Waals surface area (Å²) in [5, 5.41) is 0. The number of aldehydes is 1. The molecule has 0 atom stereocenters. The molecule has 0 aliphatic heterocycles. The monoisotopic (exact) mass is 218 g/mol. The summed E-state index contributed by atoms with van der Waals surface area (Å²) in [4.78, 5) is 10.4. The normalized spacial score (nSPS) is 10.1. The minimum atomic E-state index is -0.612. The van der Waals surface area contributed by atoms with Gasteiger partial charge in [-0.15, -0.1) is 0 Å². The highest BCUT2D eigenvalue weighted by Gasteiger charge is 2.05. The van der Waals surface area contributed by atoms with Gasteiger partial charge in [0.05, 0.1) is 0 Å². The zero-order valence-electron chi connectivity index (χ0n) is 8.28. The molecule has 16 heavy (non-hydrogen) atoms. The Hall–Kier alpha value is -2.03. The number of hydrogen-bond acceptors (Lipinski definition) is 1. The second kappa shape index (κ2) is 4.23. The van der Waals surface area contributed by atoms with Crippen LogP contribution in [0.5, 0.6) is 0 Å². The molecule has 0 heterocycles. The molecule has 0 bridgehead atoms. The standard InChI is InChI=1S/C13H8F2O/c14-11-5-6-12(13(15)7-11)10-3-1-9(8-16)2-4-10/h1-8H. The summed E-state index contributed by atoms with van der Waals surface area (Å²) in [6.45, 7) is 0. The summed E-state index contributed by atoms with van der Waals surface area (Å²) in [5.74, 6) is -1.22. The van der Waals surface area contributed by atoms with Crippen LogP contribution in [0.2, 0.25) is 0 Å². The second-order valence-electron chi connectivity index (χ2n) is 3.36. The predicted octanol–water partition coefficient (Wildman–Crippen LogP) is 3.44. The van der Waals surface area contributed by atoms with E-state index in [2.05, 4.69) is 0 Å². The summed E-state index contributed by atoms with van der Waals surface area (Å²) in [7, 11) is 0. The number of halogens is 2. The molecule has 0 aliphatic rings. The quantitative estimate of drug-likeness (QED) is 0.705. The molecule has 0 saturated heterocycles. The molecule has 0 aliphatic carbocycles. The summed E-state index contributed by atoms with van der Waals surface area (Å²) in [6.07, 6.45) is 0.713. The number of rotatable bonds is 2. The van der Waals surface area contributed by atoms with E-state index in [-0.39, 0.29) is 0 Å². The molecule has 0 fully saturated rings. The lowest BCUT2D eigenvalue weighted by Crippen LogP contribution is -1.87. The maximum Gasteiger partial charge on any atom is 0.150 e. The van der Waals surface area contributed by atoms with Crippen molar-refractivity contribution in [3.05, 3.63) is 59.7 Å². The van der Waals surface area contributed by atoms with Crippen LogP contribution in [0.1, 0.15) is 10.4 Å². The van der Waals surface area contributed by atoms with Crippen LogP contribution < -0.4 is 0 Å².